The number of rotatable bonds is 5. The van der Waals surface area contributed by atoms with Gasteiger partial charge in [0.25, 0.3) is 5.91 Å². The van der Waals surface area contributed by atoms with E-state index in [0.29, 0.717) is 11.5 Å². The second-order valence-corrected chi connectivity index (χ2v) is 6.81. The molecular formula is C19H19N3O2S. The maximum Gasteiger partial charge on any atom is 0.277 e. The van der Waals surface area contributed by atoms with Crippen molar-refractivity contribution in [2.45, 2.75) is 20.8 Å². The molecule has 2 aromatic carbocycles. The van der Waals surface area contributed by atoms with Crippen LogP contribution in [0.5, 0.6) is 5.75 Å². The van der Waals surface area contributed by atoms with E-state index in [-0.39, 0.29) is 12.5 Å². The van der Waals surface area contributed by atoms with E-state index in [0.717, 1.165) is 26.4 Å². The van der Waals surface area contributed by atoms with Gasteiger partial charge in [0.1, 0.15) is 10.8 Å². The first-order valence-corrected chi connectivity index (χ1v) is 8.74. The molecule has 0 bridgehead atoms. The molecular weight excluding hydrogens is 334 g/mol. The highest BCUT2D eigenvalue weighted by Crippen LogP contribution is 2.22. The van der Waals surface area contributed by atoms with Crippen molar-refractivity contribution in [2.75, 3.05) is 6.61 Å². The third kappa shape index (κ3) is 4.22. The van der Waals surface area contributed by atoms with E-state index in [1.807, 2.05) is 63.2 Å². The van der Waals surface area contributed by atoms with Gasteiger partial charge in [0, 0.05) is 0 Å². The van der Waals surface area contributed by atoms with Crippen LogP contribution >= 0.6 is 11.3 Å². The van der Waals surface area contributed by atoms with Crippen molar-refractivity contribution in [3.05, 3.63) is 58.6 Å². The average molecular weight is 353 g/mol. The van der Waals surface area contributed by atoms with Crippen LogP contribution in [0.2, 0.25) is 0 Å². The number of amides is 1. The van der Waals surface area contributed by atoms with Gasteiger partial charge in [0.2, 0.25) is 0 Å². The molecule has 0 fully saturated rings. The van der Waals surface area contributed by atoms with Crippen molar-refractivity contribution in [2.24, 2.45) is 5.10 Å². The third-order valence-electron chi connectivity index (χ3n) is 3.65. The van der Waals surface area contributed by atoms with Crippen LogP contribution in [0, 0.1) is 13.8 Å². The van der Waals surface area contributed by atoms with Crippen molar-refractivity contribution in [1.29, 1.82) is 0 Å². The summed E-state index contributed by atoms with van der Waals surface area (Å²) >= 11 is 1.55. The second kappa shape index (κ2) is 7.44. The minimum Gasteiger partial charge on any atom is -0.483 e. The van der Waals surface area contributed by atoms with Gasteiger partial charge in [-0.2, -0.15) is 5.10 Å². The number of nitrogens with zero attached hydrogens (tertiary/aromatic N) is 2. The summed E-state index contributed by atoms with van der Waals surface area (Å²) in [6, 6.07) is 13.8. The van der Waals surface area contributed by atoms with Gasteiger partial charge in [0.15, 0.2) is 6.61 Å². The van der Waals surface area contributed by atoms with Crippen LogP contribution in [0.4, 0.5) is 0 Å². The first-order chi connectivity index (χ1) is 12.0. The van der Waals surface area contributed by atoms with E-state index in [1.54, 1.807) is 11.3 Å². The predicted molar refractivity (Wildman–Crippen MR) is 101 cm³/mol. The summed E-state index contributed by atoms with van der Waals surface area (Å²) in [6.45, 7) is 5.67. The molecule has 128 valence electrons. The van der Waals surface area contributed by atoms with E-state index in [4.69, 9.17) is 4.74 Å². The van der Waals surface area contributed by atoms with Gasteiger partial charge in [-0.25, -0.2) is 10.4 Å². The largest absolute Gasteiger partial charge is 0.483 e. The molecule has 1 heterocycles. The van der Waals surface area contributed by atoms with Crippen molar-refractivity contribution in [3.8, 4) is 5.75 Å². The fourth-order valence-electron chi connectivity index (χ4n) is 2.26. The summed E-state index contributed by atoms with van der Waals surface area (Å²) in [5.74, 6) is 0.406. The Morgan fingerprint density at radius 2 is 2.04 bits per heavy atom. The summed E-state index contributed by atoms with van der Waals surface area (Å²) in [7, 11) is 0. The van der Waals surface area contributed by atoms with Crippen molar-refractivity contribution < 1.29 is 9.53 Å². The Morgan fingerprint density at radius 3 is 2.84 bits per heavy atom. The molecule has 25 heavy (non-hydrogen) atoms. The zero-order valence-electron chi connectivity index (χ0n) is 14.4. The Hall–Kier alpha value is -2.73. The standard InChI is InChI=1S/C19H19N3O2S/c1-12-8-9-13(2)16(10-12)24-11-18(23)22-21-14(3)19-20-15-6-4-5-7-17(15)25-19/h4-10H,11H2,1-3H3,(H,22,23)/b21-14-. The monoisotopic (exact) mass is 353 g/mol. The Morgan fingerprint density at radius 1 is 1.24 bits per heavy atom. The van der Waals surface area contributed by atoms with Gasteiger partial charge in [-0.15, -0.1) is 11.3 Å². The number of benzene rings is 2. The lowest BCUT2D eigenvalue weighted by atomic mass is 10.1. The number of ether oxygens (including phenoxy) is 1. The van der Waals surface area contributed by atoms with Gasteiger partial charge in [-0.1, -0.05) is 24.3 Å². The fourth-order valence-corrected chi connectivity index (χ4v) is 3.17. The number of hydrogen-bond donors (Lipinski definition) is 1. The number of hydrogen-bond acceptors (Lipinski definition) is 5. The molecule has 3 rings (SSSR count). The summed E-state index contributed by atoms with van der Waals surface area (Å²) in [5, 5.41) is 4.92. The van der Waals surface area contributed by atoms with Gasteiger partial charge < -0.3 is 4.74 Å². The van der Waals surface area contributed by atoms with E-state index in [9.17, 15) is 4.79 Å². The number of carbonyl (C=O) groups excluding carboxylic acids is 1. The SMILES string of the molecule is C/C(=N/NC(=O)COc1cc(C)ccc1C)c1nc2ccccc2s1. The second-order valence-electron chi connectivity index (χ2n) is 5.78. The Kier molecular flexibility index (Phi) is 5.09. The number of para-hydroxylation sites is 1. The molecule has 1 amide bonds. The van der Waals surface area contributed by atoms with Crippen LogP contribution in [-0.4, -0.2) is 23.2 Å². The number of hydrazone groups is 1. The lowest BCUT2D eigenvalue weighted by Gasteiger charge is -2.09. The highest BCUT2D eigenvalue weighted by atomic mass is 32.1. The number of fused-ring (bicyclic) bond motifs is 1. The van der Waals surface area contributed by atoms with Crippen LogP contribution in [0.3, 0.4) is 0 Å². The Bertz CT molecular complexity index is 914. The van der Waals surface area contributed by atoms with Crippen molar-refractivity contribution in [3.63, 3.8) is 0 Å². The van der Waals surface area contributed by atoms with Crippen molar-refractivity contribution in [1.82, 2.24) is 10.4 Å². The molecule has 0 radical (unpaired) electrons. The van der Waals surface area contributed by atoms with E-state index >= 15 is 0 Å². The summed E-state index contributed by atoms with van der Waals surface area (Å²) in [6.07, 6.45) is 0. The van der Waals surface area contributed by atoms with Gasteiger partial charge in [-0.05, 0) is 50.1 Å². The molecule has 0 saturated carbocycles. The van der Waals surface area contributed by atoms with Crippen LogP contribution in [-0.2, 0) is 4.79 Å². The molecule has 6 heteroatoms. The molecule has 1 aromatic heterocycles. The van der Waals surface area contributed by atoms with Gasteiger partial charge >= 0.3 is 0 Å². The Labute approximate surface area is 150 Å². The van der Waals surface area contributed by atoms with Gasteiger partial charge in [-0.3, -0.25) is 4.79 Å². The first kappa shape index (κ1) is 17.1. The summed E-state index contributed by atoms with van der Waals surface area (Å²) in [4.78, 5) is 16.5. The first-order valence-electron chi connectivity index (χ1n) is 7.92. The molecule has 0 aliphatic heterocycles. The lowest BCUT2D eigenvalue weighted by Crippen LogP contribution is -2.25. The third-order valence-corrected chi connectivity index (χ3v) is 4.80. The predicted octanol–water partition coefficient (Wildman–Crippen LogP) is 3.83. The molecule has 0 aliphatic rings. The maximum absolute atomic E-state index is 12.0. The highest BCUT2D eigenvalue weighted by Gasteiger charge is 2.08. The molecule has 0 saturated heterocycles. The minimum absolute atomic E-state index is 0.0824. The van der Waals surface area contributed by atoms with Crippen LogP contribution in [0.15, 0.2) is 47.6 Å². The number of aryl methyl sites for hydroxylation is 2. The topological polar surface area (TPSA) is 63.6 Å². The lowest BCUT2D eigenvalue weighted by molar-refractivity contribution is -0.123. The molecule has 5 nitrogen and oxygen atoms in total. The number of thiazole rings is 1. The molecule has 1 N–H and O–H groups in total. The fraction of sp³-hybridized carbons (Fsp3) is 0.211. The zero-order valence-corrected chi connectivity index (χ0v) is 15.2. The minimum atomic E-state index is -0.304. The van der Waals surface area contributed by atoms with Crippen LogP contribution in [0.25, 0.3) is 10.2 Å². The molecule has 3 aromatic rings. The average Bonchev–Trinajstić information content (AvgIpc) is 3.04. The van der Waals surface area contributed by atoms with E-state index in [1.165, 1.54) is 0 Å². The zero-order chi connectivity index (χ0) is 17.8. The smallest absolute Gasteiger partial charge is 0.277 e. The quantitative estimate of drug-likeness (QED) is 0.560. The number of carbonyl (C=O) groups is 1. The Balaban J connectivity index is 1.60. The normalized spacial score (nSPS) is 11.6. The number of nitrogens with one attached hydrogen (secondary N) is 1. The van der Waals surface area contributed by atoms with Crippen LogP contribution in [0.1, 0.15) is 23.1 Å². The highest BCUT2D eigenvalue weighted by molar-refractivity contribution is 7.20. The molecule has 0 spiro atoms. The molecule has 0 aliphatic carbocycles. The van der Waals surface area contributed by atoms with Crippen LogP contribution < -0.4 is 10.2 Å². The molecule has 0 atom stereocenters. The summed E-state index contributed by atoms with van der Waals surface area (Å²) < 4.78 is 6.67. The van der Waals surface area contributed by atoms with E-state index < -0.39 is 0 Å². The summed E-state index contributed by atoms with van der Waals surface area (Å²) in [5.41, 5.74) is 6.20. The van der Waals surface area contributed by atoms with Gasteiger partial charge in [0.05, 0.1) is 15.9 Å². The molecule has 0 unspecified atom stereocenters. The number of aromatic nitrogens is 1. The maximum atomic E-state index is 12.0. The van der Waals surface area contributed by atoms with E-state index in [2.05, 4.69) is 15.5 Å². The van der Waals surface area contributed by atoms with Crippen molar-refractivity contribution >= 4 is 33.2 Å².